The maximum absolute atomic E-state index is 13.6. The highest BCUT2D eigenvalue weighted by Gasteiger charge is 2.26. The molecule has 0 bridgehead atoms. The van der Waals surface area contributed by atoms with Gasteiger partial charge < -0.3 is 11.1 Å². The van der Waals surface area contributed by atoms with Crippen LogP contribution in [0.4, 0.5) is 10.1 Å². The molecule has 2 amide bonds. The highest BCUT2D eigenvalue weighted by Crippen LogP contribution is 2.20. The first-order chi connectivity index (χ1) is 14.7. The number of halogens is 1. The van der Waals surface area contributed by atoms with E-state index in [0.717, 1.165) is 0 Å². The van der Waals surface area contributed by atoms with Gasteiger partial charge >= 0.3 is 0 Å². The van der Waals surface area contributed by atoms with E-state index < -0.39 is 23.7 Å². The summed E-state index contributed by atoms with van der Waals surface area (Å²) in [5, 5.41) is 2.64. The molecular weight excluding hydrogens is 401 g/mol. The predicted molar refractivity (Wildman–Crippen MR) is 115 cm³/mol. The van der Waals surface area contributed by atoms with E-state index in [1.165, 1.54) is 34.8 Å². The van der Waals surface area contributed by atoms with E-state index in [1.807, 2.05) is 18.2 Å². The Morgan fingerprint density at radius 3 is 2.45 bits per heavy atom. The number of primary amides is 1. The molecule has 0 fully saturated rings. The number of nitrogens with two attached hydrogens (primary N) is 1. The Hall–Kier alpha value is -3.72. The predicted octanol–water partition coefficient (Wildman–Crippen LogP) is 1.72. The summed E-state index contributed by atoms with van der Waals surface area (Å²) in [5.74, 6) is -1.73. The summed E-state index contributed by atoms with van der Waals surface area (Å²) in [5.41, 5.74) is 6.83. The first-order valence-electron chi connectivity index (χ1n) is 9.59. The van der Waals surface area contributed by atoms with Gasteiger partial charge in [-0.15, -0.1) is 0 Å². The molecule has 2 aromatic carbocycles. The molecule has 3 rings (SSSR count). The van der Waals surface area contributed by atoms with E-state index >= 15 is 0 Å². The van der Waals surface area contributed by atoms with Crippen LogP contribution in [0.15, 0.2) is 59.4 Å². The number of hydrogen-bond donors (Lipinski definition) is 2. The minimum Gasteiger partial charge on any atom is -0.368 e. The number of likely N-dealkylation sites (N-methyl/N-ethyl adjacent to an activating group) is 1. The molecule has 0 aliphatic rings. The van der Waals surface area contributed by atoms with Crippen LogP contribution < -0.4 is 16.6 Å². The van der Waals surface area contributed by atoms with Crippen molar-refractivity contribution in [3.8, 4) is 5.69 Å². The van der Waals surface area contributed by atoms with E-state index in [0.29, 0.717) is 16.9 Å². The molecule has 0 aliphatic heterocycles. The first kappa shape index (κ1) is 22.0. The number of anilines is 1. The van der Waals surface area contributed by atoms with E-state index in [-0.39, 0.29) is 17.8 Å². The van der Waals surface area contributed by atoms with Crippen molar-refractivity contribution in [1.29, 1.82) is 0 Å². The van der Waals surface area contributed by atoms with Crippen molar-refractivity contribution in [2.45, 2.75) is 13.0 Å². The van der Waals surface area contributed by atoms with Gasteiger partial charge in [0.25, 0.3) is 5.56 Å². The Kier molecular flexibility index (Phi) is 6.36. The normalized spacial score (nSPS) is 12.0. The van der Waals surface area contributed by atoms with E-state index in [4.69, 9.17) is 5.73 Å². The number of nitrogens with zero attached hydrogens (tertiary/aromatic N) is 3. The van der Waals surface area contributed by atoms with Gasteiger partial charge in [-0.1, -0.05) is 30.3 Å². The summed E-state index contributed by atoms with van der Waals surface area (Å²) >= 11 is 0. The smallest absolute Gasteiger partial charge is 0.295 e. The number of nitrogens with one attached hydrogen (secondary N) is 1. The molecule has 3 N–H and O–H groups in total. The maximum atomic E-state index is 13.6. The summed E-state index contributed by atoms with van der Waals surface area (Å²) in [6.07, 6.45) is 0. The Morgan fingerprint density at radius 1 is 1.16 bits per heavy atom. The van der Waals surface area contributed by atoms with Crippen molar-refractivity contribution in [3.63, 3.8) is 0 Å². The minimum atomic E-state index is -1.00. The molecule has 9 heteroatoms. The Bertz CT molecular complexity index is 1170. The van der Waals surface area contributed by atoms with Crippen LogP contribution in [0.2, 0.25) is 0 Å². The quantitative estimate of drug-likeness (QED) is 0.602. The average Bonchev–Trinajstić information content (AvgIpc) is 2.91. The van der Waals surface area contributed by atoms with Gasteiger partial charge in [0, 0.05) is 7.05 Å². The summed E-state index contributed by atoms with van der Waals surface area (Å²) in [6, 6.07) is 13.5. The second-order valence-electron chi connectivity index (χ2n) is 7.26. The van der Waals surface area contributed by atoms with Crippen LogP contribution in [0.5, 0.6) is 0 Å². The number of hydrogen-bond acceptors (Lipinski definition) is 4. The van der Waals surface area contributed by atoms with E-state index in [1.54, 1.807) is 36.9 Å². The Balaban J connectivity index is 1.82. The maximum Gasteiger partial charge on any atom is 0.295 e. The SMILES string of the molecule is Cc1c(NC(=O)CN(C)C(C(N)=O)c2cccc(F)c2)c(=O)n(-c2ccccc2)n1C. The van der Waals surface area contributed by atoms with Crippen LogP contribution in [-0.2, 0) is 16.6 Å². The number of rotatable bonds is 7. The van der Waals surface area contributed by atoms with Crippen LogP contribution in [0.1, 0.15) is 17.3 Å². The molecule has 1 aromatic heterocycles. The molecule has 31 heavy (non-hydrogen) atoms. The van der Waals surface area contributed by atoms with Crippen molar-refractivity contribution >= 4 is 17.5 Å². The fourth-order valence-corrected chi connectivity index (χ4v) is 3.52. The molecular formula is C22H24FN5O3. The highest BCUT2D eigenvalue weighted by atomic mass is 19.1. The summed E-state index contributed by atoms with van der Waals surface area (Å²) < 4.78 is 16.7. The van der Waals surface area contributed by atoms with Gasteiger partial charge in [-0.05, 0) is 43.8 Å². The van der Waals surface area contributed by atoms with Crippen LogP contribution in [-0.4, -0.2) is 39.7 Å². The molecule has 0 saturated heterocycles. The number of aromatic nitrogens is 2. The number of carbonyl (C=O) groups excluding carboxylic acids is 2. The van der Waals surface area contributed by atoms with Crippen LogP contribution >= 0.6 is 0 Å². The minimum absolute atomic E-state index is 0.145. The van der Waals surface area contributed by atoms with Gasteiger partial charge in [0.05, 0.1) is 17.9 Å². The van der Waals surface area contributed by atoms with Crippen molar-refractivity contribution < 1.29 is 14.0 Å². The second-order valence-corrected chi connectivity index (χ2v) is 7.26. The molecule has 1 unspecified atom stereocenters. The van der Waals surface area contributed by atoms with Crippen molar-refractivity contribution in [2.24, 2.45) is 12.8 Å². The number of para-hydroxylation sites is 1. The monoisotopic (exact) mass is 425 g/mol. The number of carbonyl (C=O) groups is 2. The highest BCUT2D eigenvalue weighted by molar-refractivity contribution is 5.93. The summed E-state index contributed by atoms with van der Waals surface area (Å²) in [4.78, 5) is 39.0. The number of amides is 2. The van der Waals surface area contributed by atoms with Gasteiger partial charge in [-0.2, -0.15) is 0 Å². The first-order valence-corrected chi connectivity index (χ1v) is 9.59. The van der Waals surface area contributed by atoms with Gasteiger partial charge in [0.15, 0.2) is 0 Å². The van der Waals surface area contributed by atoms with Crippen LogP contribution in [0.3, 0.4) is 0 Å². The average molecular weight is 425 g/mol. The molecule has 8 nitrogen and oxygen atoms in total. The van der Waals surface area contributed by atoms with Gasteiger partial charge in [0.2, 0.25) is 11.8 Å². The van der Waals surface area contributed by atoms with E-state index in [2.05, 4.69) is 5.32 Å². The third kappa shape index (κ3) is 4.56. The molecule has 0 saturated carbocycles. The molecule has 1 atom stereocenters. The molecule has 1 heterocycles. The molecule has 0 aliphatic carbocycles. The third-order valence-corrected chi connectivity index (χ3v) is 5.09. The van der Waals surface area contributed by atoms with Crippen molar-refractivity contribution in [1.82, 2.24) is 14.3 Å². The second kappa shape index (κ2) is 8.97. The number of benzene rings is 2. The Labute approximate surface area is 178 Å². The van der Waals surface area contributed by atoms with Crippen LogP contribution in [0, 0.1) is 12.7 Å². The lowest BCUT2D eigenvalue weighted by molar-refractivity contribution is -0.124. The molecule has 0 radical (unpaired) electrons. The molecule has 162 valence electrons. The lowest BCUT2D eigenvalue weighted by Gasteiger charge is -2.25. The van der Waals surface area contributed by atoms with Crippen molar-refractivity contribution in [2.75, 3.05) is 18.9 Å². The standard InChI is InChI=1S/C22H24FN5O3/c1-14-19(22(31)28(27(14)3)17-10-5-4-6-11-17)25-18(29)13-26(2)20(21(24)30)15-8-7-9-16(23)12-15/h4-12,20H,13H2,1-3H3,(H2,24,30)(H,25,29). The summed E-state index contributed by atoms with van der Waals surface area (Å²) in [7, 11) is 3.25. The zero-order chi connectivity index (χ0) is 22.7. The molecule has 3 aromatic rings. The van der Waals surface area contributed by atoms with Gasteiger partial charge in [0.1, 0.15) is 17.5 Å². The molecule has 0 spiro atoms. The zero-order valence-corrected chi connectivity index (χ0v) is 17.5. The lowest BCUT2D eigenvalue weighted by atomic mass is 10.0. The third-order valence-electron chi connectivity index (χ3n) is 5.09. The van der Waals surface area contributed by atoms with Gasteiger partial charge in [-0.25, -0.2) is 9.07 Å². The lowest BCUT2D eigenvalue weighted by Crippen LogP contribution is -2.40. The van der Waals surface area contributed by atoms with Gasteiger partial charge in [-0.3, -0.25) is 24.0 Å². The Morgan fingerprint density at radius 2 is 1.84 bits per heavy atom. The zero-order valence-electron chi connectivity index (χ0n) is 17.5. The fraction of sp³-hybridized carbons (Fsp3) is 0.227. The van der Waals surface area contributed by atoms with Crippen LogP contribution in [0.25, 0.3) is 5.69 Å². The topological polar surface area (TPSA) is 102 Å². The fourth-order valence-electron chi connectivity index (χ4n) is 3.52. The van der Waals surface area contributed by atoms with E-state index in [9.17, 15) is 18.8 Å². The van der Waals surface area contributed by atoms with Crippen molar-refractivity contribution in [3.05, 3.63) is 82.0 Å². The largest absolute Gasteiger partial charge is 0.368 e. The summed E-state index contributed by atoms with van der Waals surface area (Å²) in [6.45, 7) is 1.49.